The maximum Gasteiger partial charge on any atom is 0.279 e. The van der Waals surface area contributed by atoms with Crippen LogP contribution < -0.4 is 15.0 Å². The predicted molar refractivity (Wildman–Crippen MR) is 101 cm³/mol. The standard InChI is InChI=1S/C18H29N3O4S/c1-20(2)26(23,24)17-13-15(9-10-16(17)25-3)19-18(22)14-21-11-7-5-4-6-8-12-21/h9-10,13H,4-8,11-12,14H2,1-3H3,(H,19,22)/p+1. The molecule has 1 aromatic carbocycles. The van der Waals surface area contributed by atoms with Gasteiger partial charge in [0.1, 0.15) is 10.6 Å². The van der Waals surface area contributed by atoms with Crippen LogP contribution in [0.3, 0.4) is 0 Å². The number of sulfonamides is 1. The first-order valence-electron chi connectivity index (χ1n) is 9.08. The van der Waals surface area contributed by atoms with Gasteiger partial charge in [-0.3, -0.25) is 4.79 Å². The van der Waals surface area contributed by atoms with Crippen molar-refractivity contribution in [3.05, 3.63) is 18.2 Å². The first-order chi connectivity index (χ1) is 12.3. The Morgan fingerprint density at radius 2 is 1.77 bits per heavy atom. The van der Waals surface area contributed by atoms with Crippen LogP contribution >= 0.6 is 0 Å². The van der Waals surface area contributed by atoms with Crippen LogP contribution in [0.2, 0.25) is 0 Å². The molecule has 0 spiro atoms. The molecule has 2 rings (SSSR count). The van der Waals surface area contributed by atoms with Gasteiger partial charge in [-0.2, -0.15) is 0 Å². The Bertz CT molecular complexity index is 711. The monoisotopic (exact) mass is 384 g/mol. The Labute approximate surface area is 156 Å². The van der Waals surface area contributed by atoms with Gasteiger partial charge < -0.3 is 15.0 Å². The van der Waals surface area contributed by atoms with Gasteiger partial charge in [0.15, 0.2) is 6.54 Å². The highest BCUT2D eigenvalue weighted by Gasteiger charge is 2.23. The van der Waals surface area contributed by atoms with E-state index in [2.05, 4.69) is 5.32 Å². The molecule has 0 bridgehead atoms. The van der Waals surface area contributed by atoms with Gasteiger partial charge in [-0.05, 0) is 43.9 Å². The molecule has 0 aliphatic carbocycles. The molecule has 1 saturated heterocycles. The fourth-order valence-corrected chi connectivity index (χ4v) is 4.24. The first kappa shape index (κ1) is 20.7. The lowest BCUT2D eigenvalue weighted by atomic mass is 10.1. The summed E-state index contributed by atoms with van der Waals surface area (Å²) in [6.07, 6.45) is 6.05. The normalized spacial score (nSPS) is 16.8. The lowest BCUT2D eigenvalue weighted by molar-refractivity contribution is -0.892. The minimum Gasteiger partial charge on any atom is -0.495 e. The Hall–Kier alpha value is -1.64. The molecule has 0 aromatic heterocycles. The maximum absolute atomic E-state index is 12.5. The first-order valence-corrected chi connectivity index (χ1v) is 10.5. The third kappa shape index (κ3) is 5.43. The Balaban J connectivity index is 2.10. The van der Waals surface area contributed by atoms with Gasteiger partial charge in [-0.25, -0.2) is 12.7 Å². The van der Waals surface area contributed by atoms with Crippen molar-refractivity contribution in [3.63, 3.8) is 0 Å². The number of nitrogens with one attached hydrogen (secondary N) is 2. The summed E-state index contributed by atoms with van der Waals surface area (Å²) in [5.74, 6) is 0.157. The van der Waals surface area contributed by atoms with Crippen molar-refractivity contribution >= 4 is 21.6 Å². The minimum atomic E-state index is -3.66. The number of methoxy groups -OCH3 is 1. The molecule has 1 aromatic rings. The molecule has 0 saturated carbocycles. The fourth-order valence-electron chi connectivity index (χ4n) is 3.17. The zero-order valence-electron chi connectivity index (χ0n) is 15.9. The minimum absolute atomic E-state index is 0.0430. The van der Waals surface area contributed by atoms with Crippen molar-refractivity contribution in [2.75, 3.05) is 46.2 Å². The average molecular weight is 385 g/mol. The van der Waals surface area contributed by atoms with E-state index in [9.17, 15) is 13.2 Å². The largest absolute Gasteiger partial charge is 0.495 e. The van der Waals surface area contributed by atoms with E-state index in [1.807, 2.05) is 0 Å². The lowest BCUT2D eigenvalue weighted by Crippen LogP contribution is -3.13. The summed E-state index contributed by atoms with van der Waals surface area (Å²) in [6, 6.07) is 4.68. The third-order valence-electron chi connectivity index (χ3n) is 4.68. The summed E-state index contributed by atoms with van der Waals surface area (Å²) in [4.78, 5) is 13.7. The number of amides is 1. The summed E-state index contributed by atoms with van der Waals surface area (Å²) in [5, 5.41) is 2.83. The van der Waals surface area contributed by atoms with Gasteiger partial charge in [0.2, 0.25) is 10.0 Å². The lowest BCUT2D eigenvalue weighted by Gasteiger charge is -2.21. The summed E-state index contributed by atoms with van der Waals surface area (Å²) in [6.45, 7) is 2.42. The molecule has 2 N–H and O–H groups in total. The summed E-state index contributed by atoms with van der Waals surface area (Å²) < 4.78 is 31.2. The second-order valence-electron chi connectivity index (χ2n) is 6.90. The van der Waals surface area contributed by atoms with Crippen LogP contribution in [0.4, 0.5) is 5.69 Å². The molecule has 0 atom stereocenters. The average Bonchev–Trinajstić information content (AvgIpc) is 2.57. The van der Waals surface area contributed by atoms with Crippen molar-refractivity contribution < 1.29 is 22.8 Å². The zero-order valence-corrected chi connectivity index (χ0v) is 16.7. The smallest absolute Gasteiger partial charge is 0.279 e. The van der Waals surface area contributed by atoms with Crippen molar-refractivity contribution in [1.82, 2.24) is 4.31 Å². The van der Waals surface area contributed by atoms with E-state index >= 15 is 0 Å². The highest BCUT2D eigenvalue weighted by molar-refractivity contribution is 7.89. The SMILES string of the molecule is COc1ccc(NC(=O)C[NH+]2CCCCCCC2)cc1S(=O)(=O)N(C)C. The number of quaternary nitrogens is 1. The summed E-state index contributed by atoms with van der Waals surface area (Å²) in [7, 11) is 0.689. The van der Waals surface area contributed by atoms with E-state index in [1.165, 1.54) is 51.4 Å². The van der Waals surface area contributed by atoms with Gasteiger partial charge in [0, 0.05) is 19.8 Å². The van der Waals surface area contributed by atoms with Gasteiger partial charge in [0.25, 0.3) is 5.91 Å². The van der Waals surface area contributed by atoms with Crippen LogP contribution in [-0.2, 0) is 14.8 Å². The van der Waals surface area contributed by atoms with Gasteiger partial charge >= 0.3 is 0 Å². The second kappa shape index (κ2) is 9.34. The molecule has 8 heteroatoms. The van der Waals surface area contributed by atoms with Gasteiger partial charge in [-0.15, -0.1) is 0 Å². The molecule has 7 nitrogen and oxygen atoms in total. The highest BCUT2D eigenvalue weighted by Crippen LogP contribution is 2.28. The fraction of sp³-hybridized carbons (Fsp3) is 0.611. The van der Waals surface area contributed by atoms with Crippen LogP contribution in [0.25, 0.3) is 0 Å². The van der Waals surface area contributed by atoms with E-state index in [1.54, 1.807) is 12.1 Å². The Morgan fingerprint density at radius 3 is 2.35 bits per heavy atom. The number of hydrogen-bond acceptors (Lipinski definition) is 4. The molecular weight excluding hydrogens is 354 g/mol. The predicted octanol–water partition coefficient (Wildman–Crippen LogP) is 0.733. The van der Waals surface area contributed by atoms with Crippen molar-refractivity contribution in [2.45, 2.75) is 37.0 Å². The van der Waals surface area contributed by atoms with Crippen molar-refractivity contribution in [3.8, 4) is 5.75 Å². The van der Waals surface area contributed by atoms with E-state index in [0.717, 1.165) is 30.2 Å². The molecule has 0 unspecified atom stereocenters. The molecule has 1 fully saturated rings. The molecule has 26 heavy (non-hydrogen) atoms. The van der Waals surface area contributed by atoms with Crippen LogP contribution in [0, 0.1) is 0 Å². The number of benzene rings is 1. The molecule has 0 radical (unpaired) electrons. The molecule has 1 heterocycles. The van der Waals surface area contributed by atoms with Gasteiger partial charge in [0.05, 0.1) is 20.2 Å². The number of likely N-dealkylation sites (tertiary alicyclic amines) is 1. The molecule has 146 valence electrons. The highest BCUT2D eigenvalue weighted by atomic mass is 32.2. The van der Waals surface area contributed by atoms with Gasteiger partial charge in [-0.1, -0.05) is 6.42 Å². The van der Waals surface area contributed by atoms with E-state index in [4.69, 9.17) is 4.74 Å². The zero-order chi connectivity index (χ0) is 19.2. The Morgan fingerprint density at radius 1 is 1.15 bits per heavy atom. The number of carbonyl (C=O) groups excluding carboxylic acids is 1. The second-order valence-corrected chi connectivity index (χ2v) is 9.02. The van der Waals surface area contributed by atoms with Crippen LogP contribution in [0.5, 0.6) is 5.75 Å². The topological polar surface area (TPSA) is 80.1 Å². The maximum atomic E-state index is 12.5. The molecule has 1 amide bonds. The summed E-state index contributed by atoms with van der Waals surface area (Å²) >= 11 is 0. The number of ether oxygens (including phenoxy) is 1. The third-order valence-corrected chi connectivity index (χ3v) is 6.51. The molecule has 1 aliphatic heterocycles. The quantitative estimate of drug-likeness (QED) is 0.758. The number of carbonyl (C=O) groups is 1. The van der Waals surface area contributed by atoms with E-state index in [0.29, 0.717) is 12.2 Å². The number of hydrogen-bond donors (Lipinski definition) is 2. The van der Waals surface area contributed by atoms with Crippen molar-refractivity contribution in [2.24, 2.45) is 0 Å². The number of nitrogens with zero attached hydrogens (tertiary/aromatic N) is 1. The van der Waals surface area contributed by atoms with Crippen LogP contribution in [-0.4, -0.2) is 59.5 Å². The van der Waals surface area contributed by atoms with Crippen molar-refractivity contribution in [1.29, 1.82) is 0 Å². The van der Waals surface area contributed by atoms with Crippen LogP contribution in [0.15, 0.2) is 23.1 Å². The number of rotatable bonds is 6. The van der Waals surface area contributed by atoms with E-state index < -0.39 is 10.0 Å². The molecular formula is C18H30N3O4S+. The molecule has 1 aliphatic rings. The van der Waals surface area contributed by atoms with E-state index in [-0.39, 0.29) is 16.6 Å². The van der Waals surface area contributed by atoms with Crippen LogP contribution in [0.1, 0.15) is 32.1 Å². The summed E-state index contributed by atoms with van der Waals surface area (Å²) in [5.41, 5.74) is 0.461. The Kier molecular flexibility index (Phi) is 7.43. The number of anilines is 1.